The molecule has 1 unspecified atom stereocenters. The molecular weight excluding hydrogens is 214 g/mol. The zero-order chi connectivity index (χ0) is 13.0. The van der Waals surface area contributed by atoms with E-state index in [1.165, 1.54) is 0 Å². The van der Waals surface area contributed by atoms with Gasteiger partial charge in [-0.1, -0.05) is 19.4 Å². The highest BCUT2D eigenvalue weighted by Crippen LogP contribution is 2.21. The van der Waals surface area contributed by atoms with E-state index < -0.39 is 0 Å². The van der Waals surface area contributed by atoms with Crippen LogP contribution in [0, 0.1) is 13.8 Å². The molecule has 1 rings (SSSR count). The first-order valence-electron chi connectivity index (χ1n) is 6.03. The van der Waals surface area contributed by atoms with Crippen molar-refractivity contribution in [2.24, 2.45) is 0 Å². The maximum Gasteiger partial charge on any atom is 0.340 e. The molecule has 3 nitrogen and oxygen atoms in total. The molecule has 0 saturated heterocycles. The zero-order valence-electron chi connectivity index (χ0n) is 11.0. The van der Waals surface area contributed by atoms with Crippen molar-refractivity contribution in [3.05, 3.63) is 28.8 Å². The number of anilines is 1. The van der Waals surface area contributed by atoms with Gasteiger partial charge in [0.05, 0.1) is 11.7 Å². The fraction of sp³-hybridized carbons (Fsp3) is 0.500. The maximum absolute atomic E-state index is 12.0. The Hall–Kier alpha value is -1.51. The van der Waals surface area contributed by atoms with Gasteiger partial charge in [0.1, 0.15) is 0 Å². The lowest BCUT2D eigenvalue weighted by Crippen LogP contribution is -2.16. The van der Waals surface area contributed by atoms with Crippen LogP contribution in [-0.2, 0) is 4.74 Å². The summed E-state index contributed by atoms with van der Waals surface area (Å²) in [5.41, 5.74) is 8.83. The zero-order valence-corrected chi connectivity index (χ0v) is 11.0. The lowest BCUT2D eigenvalue weighted by molar-refractivity contribution is 0.0324. The largest absolute Gasteiger partial charge is 0.459 e. The van der Waals surface area contributed by atoms with Gasteiger partial charge in [0, 0.05) is 5.69 Å². The molecule has 0 spiro atoms. The number of hydrogen-bond donors (Lipinski definition) is 1. The summed E-state index contributed by atoms with van der Waals surface area (Å²) >= 11 is 0. The predicted octanol–water partition coefficient (Wildman–Crippen LogP) is 3.23. The highest BCUT2D eigenvalue weighted by molar-refractivity contribution is 5.96. The second-order valence-electron chi connectivity index (χ2n) is 4.55. The first-order valence-corrected chi connectivity index (χ1v) is 6.03. The van der Waals surface area contributed by atoms with Gasteiger partial charge in [-0.15, -0.1) is 0 Å². The first kappa shape index (κ1) is 13.6. The fourth-order valence-electron chi connectivity index (χ4n) is 1.86. The van der Waals surface area contributed by atoms with Gasteiger partial charge >= 0.3 is 5.97 Å². The van der Waals surface area contributed by atoms with Gasteiger partial charge in [0.2, 0.25) is 0 Å². The van der Waals surface area contributed by atoms with Crippen molar-refractivity contribution < 1.29 is 9.53 Å². The predicted molar refractivity (Wildman–Crippen MR) is 70.1 cm³/mol. The van der Waals surface area contributed by atoms with Gasteiger partial charge < -0.3 is 10.5 Å². The molecule has 1 atom stereocenters. The minimum Gasteiger partial charge on any atom is -0.459 e. The van der Waals surface area contributed by atoms with Gasteiger partial charge in [0.25, 0.3) is 0 Å². The van der Waals surface area contributed by atoms with E-state index in [1.807, 2.05) is 26.8 Å². The van der Waals surface area contributed by atoms with Crippen LogP contribution in [0.25, 0.3) is 0 Å². The molecule has 0 saturated carbocycles. The minimum atomic E-state index is -0.324. The van der Waals surface area contributed by atoms with Crippen molar-refractivity contribution in [2.75, 3.05) is 5.73 Å². The highest BCUT2D eigenvalue weighted by atomic mass is 16.5. The molecule has 0 aliphatic heterocycles. The molecule has 0 heterocycles. The second kappa shape index (κ2) is 5.71. The lowest BCUT2D eigenvalue weighted by Gasteiger charge is -2.14. The van der Waals surface area contributed by atoms with Crippen molar-refractivity contribution in [1.29, 1.82) is 0 Å². The summed E-state index contributed by atoms with van der Waals surface area (Å²) in [4.78, 5) is 12.0. The summed E-state index contributed by atoms with van der Waals surface area (Å²) in [5, 5.41) is 0. The average molecular weight is 235 g/mol. The summed E-state index contributed by atoms with van der Waals surface area (Å²) in [5.74, 6) is -0.324. The number of ether oxygens (including phenoxy) is 1. The second-order valence-corrected chi connectivity index (χ2v) is 4.55. The normalized spacial score (nSPS) is 12.2. The number of aryl methyl sites for hydroxylation is 2. The van der Waals surface area contributed by atoms with Crippen molar-refractivity contribution in [3.63, 3.8) is 0 Å². The first-order chi connectivity index (χ1) is 7.95. The van der Waals surface area contributed by atoms with Gasteiger partial charge in [-0.2, -0.15) is 0 Å². The molecule has 1 aromatic rings. The molecule has 0 radical (unpaired) electrons. The third-order valence-electron chi connectivity index (χ3n) is 2.75. The Morgan fingerprint density at radius 3 is 2.65 bits per heavy atom. The Morgan fingerprint density at radius 2 is 2.06 bits per heavy atom. The van der Waals surface area contributed by atoms with E-state index >= 15 is 0 Å². The van der Waals surface area contributed by atoms with E-state index in [0.29, 0.717) is 11.3 Å². The molecule has 3 heteroatoms. The molecular formula is C14H21NO2. The number of hydrogen-bond acceptors (Lipinski definition) is 3. The Morgan fingerprint density at radius 1 is 1.41 bits per heavy atom. The molecule has 17 heavy (non-hydrogen) atoms. The lowest BCUT2D eigenvalue weighted by atomic mass is 10.0. The molecule has 1 aromatic carbocycles. The van der Waals surface area contributed by atoms with E-state index in [-0.39, 0.29) is 12.1 Å². The van der Waals surface area contributed by atoms with Crippen LogP contribution < -0.4 is 5.73 Å². The van der Waals surface area contributed by atoms with Crippen LogP contribution in [0.5, 0.6) is 0 Å². The molecule has 0 amide bonds. The van der Waals surface area contributed by atoms with Crippen LogP contribution in [0.2, 0.25) is 0 Å². The topological polar surface area (TPSA) is 52.3 Å². The summed E-state index contributed by atoms with van der Waals surface area (Å²) in [7, 11) is 0. The van der Waals surface area contributed by atoms with Crippen LogP contribution in [0.1, 0.15) is 48.2 Å². The molecule has 0 aliphatic carbocycles. The molecule has 94 valence electrons. The molecule has 0 fully saturated rings. The summed E-state index contributed by atoms with van der Waals surface area (Å²) < 4.78 is 5.35. The average Bonchev–Trinajstić information content (AvgIpc) is 2.23. The third kappa shape index (κ3) is 3.48. The molecule has 0 aromatic heterocycles. The smallest absolute Gasteiger partial charge is 0.340 e. The van der Waals surface area contributed by atoms with Crippen molar-refractivity contribution in [1.82, 2.24) is 0 Å². The summed E-state index contributed by atoms with van der Waals surface area (Å²) in [6, 6.07) is 3.74. The van der Waals surface area contributed by atoms with E-state index in [4.69, 9.17) is 10.5 Å². The number of carbonyl (C=O) groups excluding carboxylic acids is 1. The number of esters is 1. The number of nitrogen functional groups attached to an aromatic ring is 1. The van der Waals surface area contributed by atoms with Gasteiger partial charge in [0.15, 0.2) is 0 Å². The number of carbonyl (C=O) groups is 1. The molecule has 2 N–H and O–H groups in total. The maximum atomic E-state index is 12.0. The van der Waals surface area contributed by atoms with Gasteiger partial charge in [-0.25, -0.2) is 4.79 Å². The number of rotatable bonds is 4. The van der Waals surface area contributed by atoms with E-state index in [9.17, 15) is 4.79 Å². The monoisotopic (exact) mass is 235 g/mol. The Balaban J connectivity index is 2.89. The highest BCUT2D eigenvalue weighted by Gasteiger charge is 2.16. The number of benzene rings is 1. The van der Waals surface area contributed by atoms with Crippen LogP contribution in [0.3, 0.4) is 0 Å². The number of nitrogens with two attached hydrogens (primary N) is 1. The minimum absolute atomic E-state index is 0.0623. The van der Waals surface area contributed by atoms with Gasteiger partial charge in [-0.05, 0) is 44.4 Å². The van der Waals surface area contributed by atoms with Crippen molar-refractivity contribution in [2.45, 2.75) is 46.6 Å². The van der Waals surface area contributed by atoms with Crippen LogP contribution >= 0.6 is 0 Å². The Kier molecular flexibility index (Phi) is 4.55. The Labute approximate surface area is 103 Å². The quantitative estimate of drug-likeness (QED) is 0.644. The van der Waals surface area contributed by atoms with Crippen LogP contribution in [0.4, 0.5) is 5.69 Å². The van der Waals surface area contributed by atoms with Crippen molar-refractivity contribution in [3.8, 4) is 0 Å². The molecule has 0 aliphatic rings. The molecule has 0 bridgehead atoms. The van der Waals surface area contributed by atoms with E-state index in [1.54, 1.807) is 6.07 Å². The Bertz CT molecular complexity index is 413. The summed E-state index contributed by atoms with van der Waals surface area (Å²) in [6.07, 6.45) is 1.81. The van der Waals surface area contributed by atoms with Crippen LogP contribution in [-0.4, -0.2) is 12.1 Å². The fourth-order valence-corrected chi connectivity index (χ4v) is 1.86. The van der Waals surface area contributed by atoms with E-state index in [2.05, 4.69) is 6.92 Å². The SMILES string of the molecule is CCCC(C)OC(=O)c1cc(C)cc(C)c1N. The summed E-state index contributed by atoms with van der Waals surface area (Å²) in [6.45, 7) is 7.81. The van der Waals surface area contributed by atoms with Crippen molar-refractivity contribution >= 4 is 11.7 Å². The van der Waals surface area contributed by atoms with Gasteiger partial charge in [-0.3, -0.25) is 0 Å². The standard InChI is InChI=1S/C14H21NO2/c1-5-6-11(4)17-14(16)12-8-9(2)7-10(3)13(12)15/h7-8,11H,5-6,15H2,1-4H3. The third-order valence-corrected chi connectivity index (χ3v) is 2.75. The van der Waals surface area contributed by atoms with E-state index in [0.717, 1.165) is 24.0 Å². The van der Waals surface area contributed by atoms with Crippen LogP contribution in [0.15, 0.2) is 12.1 Å².